The maximum absolute atomic E-state index is 12.1. The largest absolute Gasteiger partial charge is 0.378 e. The van der Waals surface area contributed by atoms with E-state index in [-0.39, 0.29) is 4.90 Å². The Labute approximate surface area is 134 Å². The van der Waals surface area contributed by atoms with E-state index >= 15 is 0 Å². The Morgan fingerprint density at radius 3 is 2.81 bits per heavy atom. The lowest BCUT2D eigenvalue weighted by Crippen LogP contribution is -2.33. The van der Waals surface area contributed by atoms with Crippen LogP contribution in [0.15, 0.2) is 33.6 Å². The Hall–Kier alpha value is -0.470. The Kier molecular flexibility index (Phi) is 6.63. The van der Waals surface area contributed by atoms with E-state index in [4.69, 9.17) is 4.74 Å². The van der Waals surface area contributed by atoms with Crippen LogP contribution in [-0.2, 0) is 14.8 Å². The number of hydrogen-bond acceptors (Lipinski definition) is 4. The zero-order chi connectivity index (χ0) is 15.1. The first-order valence-corrected chi connectivity index (χ1v) is 9.43. The van der Waals surface area contributed by atoms with Gasteiger partial charge in [-0.25, -0.2) is 13.1 Å². The van der Waals surface area contributed by atoms with E-state index in [1.165, 1.54) is 0 Å². The predicted molar refractivity (Wildman–Crippen MR) is 85.8 cm³/mol. The molecule has 0 saturated carbocycles. The minimum absolute atomic E-state index is 0.274. The summed E-state index contributed by atoms with van der Waals surface area (Å²) < 4.78 is 33.2. The van der Waals surface area contributed by atoms with Gasteiger partial charge in [0.05, 0.1) is 11.0 Å². The molecule has 0 amide bonds. The molecule has 0 bridgehead atoms. The van der Waals surface area contributed by atoms with Crippen molar-refractivity contribution in [2.24, 2.45) is 0 Å². The zero-order valence-corrected chi connectivity index (χ0v) is 14.2. The standard InChI is InChI=1S/C14H21BrN2O3S/c15-12-3-1-4-14(11-12)21(18,19)17-7-2-10-20-13-5-8-16-9-6-13/h1,3-4,11,13,16-17H,2,5-10H2. The van der Waals surface area contributed by atoms with Crippen LogP contribution < -0.4 is 10.0 Å². The van der Waals surface area contributed by atoms with Crippen molar-refractivity contribution < 1.29 is 13.2 Å². The third-order valence-corrected chi connectivity index (χ3v) is 5.31. The Morgan fingerprint density at radius 2 is 2.10 bits per heavy atom. The van der Waals surface area contributed by atoms with Gasteiger partial charge in [0.25, 0.3) is 0 Å². The van der Waals surface area contributed by atoms with Crippen LogP contribution >= 0.6 is 15.9 Å². The normalized spacial score (nSPS) is 17.0. The minimum Gasteiger partial charge on any atom is -0.378 e. The van der Waals surface area contributed by atoms with E-state index in [1.54, 1.807) is 24.3 Å². The van der Waals surface area contributed by atoms with Gasteiger partial charge in [-0.2, -0.15) is 0 Å². The summed E-state index contributed by atoms with van der Waals surface area (Å²) >= 11 is 3.27. The molecule has 1 heterocycles. The monoisotopic (exact) mass is 376 g/mol. The molecule has 118 valence electrons. The highest BCUT2D eigenvalue weighted by atomic mass is 79.9. The van der Waals surface area contributed by atoms with Crippen LogP contribution in [0.2, 0.25) is 0 Å². The summed E-state index contributed by atoms with van der Waals surface area (Å²) in [5, 5.41) is 3.28. The van der Waals surface area contributed by atoms with Gasteiger partial charge in [-0.05, 0) is 50.6 Å². The fourth-order valence-electron chi connectivity index (χ4n) is 2.21. The number of rotatable bonds is 7. The lowest BCUT2D eigenvalue weighted by atomic mass is 10.1. The Balaban J connectivity index is 1.70. The first-order chi connectivity index (χ1) is 10.1. The van der Waals surface area contributed by atoms with Crippen molar-refractivity contribution >= 4 is 26.0 Å². The van der Waals surface area contributed by atoms with Crippen molar-refractivity contribution in [3.8, 4) is 0 Å². The molecule has 0 atom stereocenters. The maximum atomic E-state index is 12.1. The highest BCUT2D eigenvalue weighted by molar-refractivity contribution is 9.10. The molecule has 1 aromatic carbocycles. The van der Waals surface area contributed by atoms with Crippen LogP contribution in [0.4, 0.5) is 0 Å². The van der Waals surface area contributed by atoms with Gasteiger partial charge >= 0.3 is 0 Å². The number of hydrogen-bond donors (Lipinski definition) is 2. The summed E-state index contributed by atoms with van der Waals surface area (Å²) in [5.74, 6) is 0. The lowest BCUT2D eigenvalue weighted by Gasteiger charge is -2.22. The molecular weight excluding hydrogens is 356 g/mol. The lowest BCUT2D eigenvalue weighted by molar-refractivity contribution is 0.0322. The van der Waals surface area contributed by atoms with Crippen LogP contribution in [0.25, 0.3) is 0 Å². The number of nitrogens with one attached hydrogen (secondary N) is 2. The van der Waals surface area contributed by atoms with E-state index in [0.717, 1.165) is 30.4 Å². The Morgan fingerprint density at radius 1 is 1.33 bits per heavy atom. The summed E-state index contributed by atoms with van der Waals surface area (Å²) in [5.41, 5.74) is 0. The van der Waals surface area contributed by atoms with Gasteiger partial charge in [0, 0.05) is 17.6 Å². The average Bonchev–Trinajstić information content (AvgIpc) is 2.48. The topological polar surface area (TPSA) is 67.4 Å². The molecule has 0 radical (unpaired) electrons. The SMILES string of the molecule is O=S(=O)(NCCCOC1CCNCC1)c1cccc(Br)c1. The van der Waals surface area contributed by atoms with E-state index in [2.05, 4.69) is 26.0 Å². The van der Waals surface area contributed by atoms with Gasteiger partial charge in [0.2, 0.25) is 10.0 Å². The van der Waals surface area contributed by atoms with Gasteiger partial charge in [-0.15, -0.1) is 0 Å². The third-order valence-electron chi connectivity index (χ3n) is 3.36. The Bertz CT molecular complexity index is 545. The predicted octanol–water partition coefficient (Wildman–Crippen LogP) is 1.89. The third kappa shape index (κ3) is 5.67. The average molecular weight is 377 g/mol. The second-order valence-electron chi connectivity index (χ2n) is 5.03. The van der Waals surface area contributed by atoms with Crippen LogP contribution in [0.3, 0.4) is 0 Å². The molecule has 2 rings (SSSR count). The van der Waals surface area contributed by atoms with Gasteiger partial charge in [0.1, 0.15) is 0 Å². The highest BCUT2D eigenvalue weighted by Gasteiger charge is 2.15. The summed E-state index contributed by atoms with van der Waals surface area (Å²) in [7, 11) is -3.43. The number of halogens is 1. The first kappa shape index (κ1) is 16.9. The molecule has 0 aliphatic carbocycles. The summed E-state index contributed by atoms with van der Waals surface area (Å²) in [6.45, 7) is 2.98. The smallest absolute Gasteiger partial charge is 0.240 e. The van der Waals surface area contributed by atoms with Crippen molar-refractivity contribution in [2.45, 2.75) is 30.3 Å². The fraction of sp³-hybridized carbons (Fsp3) is 0.571. The van der Waals surface area contributed by atoms with Crippen LogP contribution in [0.5, 0.6) is 0 Å². The fourth-order valence-corrected chi connectivity index (χ4v) is 3.88. The van der Waals surface area contributed by atoms with Gasteiger partial charge < -0.3 is 10.1 Å². The maximum Gasteiger partial charge on any atom is 0.240 e. The quantitative estimate of drug-likeness (QED) is 0.713. The van der Waals surface area contributed by atoms with Crippen molar-refractivity contribution in [3.05, 3.63) is 28.7 Å². The highest BCUT2D eigenvalue weighted by Crippen LogP contribution is 2.15. The second-order valence-corrected chi connectivity index (χ2v) is 7.71. The van der Waals surface area contributed by atoms with Crippen LogP contribution in [0, 0.1) is 0 Å². The molecule has 1 aliphatic rings. The number of ether oxygens (including phenoxy) is 1. The number of piperidine rings is 1. The zero-order valence-electron chi connectivity index (χ0n) is 11.8. The van der Waals surface area contributed by atoms with Gasteiger partial charge in [-0.1, -0.05) is 22.0 Å². The van der Waals surface area contributed by atoms with Crippen molar-refractivity contribution in [1.29, 1.82) is 0 Å². The summed E-state index contributed by atoms with van der Waals surface area (Å²) in [4.78, 5) is 0.274. The second kappa shape index (κ2) is 8.24. The van der Waals surface area contributed by atoms with E-state index in [9.17, 15) is 8.42 Å². The molecule has 2 N–H and O–H groups in total. The molecule has 1 fully saturated rings. The molecule has 1 saturated heterocycles. The van der Waals surface area contributed by atoms with Crippen LogP contribution in [-0.4, -0.2) is 40.8 Å². The van der Waals surface area contributed by atoms with Crippen molar-refractivity contribution in [1.82, 2.24) is 10.0 Å². The van der Waals surface area contributed by atoms with Crippen LogP contribution in [0.1, 0.15) is 19.3 Å². The molecule has 1 aliphatic heterocycles. The molecule has 0 unspecified atom stereocenters. The van der Waals surface area contributed by atoms with Gasteiger partial charge in [0.15, 0.2) is 0 Å². The van der Waals surface area contributed by atoms with E-state index in [0.29, 0.717) is 25.7 Å². The van der Waals surface area contributed by atoms with Gasteiger partial charge in [-0.3, -0.25) is 0 Å². The molecule has 1 aromatic rings. The molecule has 7 heteroatoms. The van der Waals surface area contributed by atoms with Crippen molar-refractivity contribution in [3.63, 3.8) is 0 Å². The van der Waals surface area contributed by atoms with Crippen molar-refractivity contribution in [2.75, 3.05) is 26.2 Å². The number of benzene rings is 1. The molecular formula is C14H21BrN2O3S. The van der Waals surface area contributed by atoms with E-state index in [1.807, 2.05) is 0 Å². The molecule has 21 heavy (non-hydrogen) atoms. The molecule has 0 aromatic heterocycles. The summed E-state index contributed by atoms with van der Waals surface area (Å²) in [6, 6.07) is 6.68. The number of sulfonamides is 1. The molecule has 5 nitrogen and oxygen atoms in total. The first-order valence-electron chi connectivity index (χ1n) is 7.15. The summed E-state index contributed by atoms with van der Waals surface area (Å²) in [6.07, 6.45) is 3.05. The minimum atomic E-state index is -3.43. The van der Waals surface area contributed by atoms with E-state index < -0.39 is 10.0 Å². The molecule has 0 spiro atoms.